The molecule has 5 heteroatoms. The SMILES string of the molecule is CC(=S)SCCC[Si](C)(F)F. The molecule has 0 bridgehead atoms. The minimum Gasteiger partial charge on any atom is -0.271 e. The molecule has 11 heavy (non-hydrogen) atoms. The van der Waals surface area contributed by atoms with Crippen molar-refractivity contribution in [2.24, 2.45) is 0 Å². The molecule has 0 aliphatic heterocycles. The Balaban J connectivity index is 3.22. The van der Waals surface area contributed by atoms with Crippen molar-refractivity contribution < 1.29 is 8.22 Å². The molecule has 0 fully saturated rings. The van der Waals surface area contributed by atoms with Crippen LogP contribution in [0.4, 0.5) is 8.22 Å². The van der Waals surface area contributed by atoms with Crippen molar-refractivity contribution in [1.82, 2.24) is 0 Å². The first kappa shape index (κ1) is 11.5. The Labute approximate surface area is 77.1 Å². The normalized spacial score (nSPS) is 11.6. The van der Waals surface area contributed by atoms with Gasteiger partial charge in [-0.1, -0.05) is 12.2 Å². The molecule has 0 spiro atoms. The summed E-state index contributed by atoms with van der Waals surface area (Å²) in [6.07, 6.45) is 0.592. The monoisotopic (exact) mass is 214 g/mol. The van der Waals surface area contributed by atoms with E-state index >= 15 is 0 Å². The third kappa shape index (κ3) is 10.5. The van der Waals surface area contributed by atoms with Gasteiger partial charge in [-0.05, 0) is 31.7 Å². The van der Waals surface area contributed by atoms with E-state index in [1.54, 1.807) is 0 Å². The fourth-order valence-electron chi connectivity index (χ4n) is 0.598. The summed E-state index contributed by atoms with van der Waals surface area (Å²) < 4.78 is 25.5. The maximum absolute atomic E-state index is 12.3. The van der Waals surface area contributed by atoms with E-state index in [-0.39, 0.29) is 6.04 Å². The van der Waals surface area contributed by atoms with Gasteiger partial charge in [-0.15, -0.1) is 11.8 Å². The molecule has 0 aliphatic carbocycles. The number of thiocarbonyl (C=S) groups is 1. The van der Waals surface area contributed by atoms with Gasteiger partial charge in [0.2, 0.25) is 0 Å². The van der Waals surface area contributed by atoms with E-state index in [0.29, 0.717) is 6.42 Å². The molecule has 0 heterocycles. The van der Waals surface area contributed by atoms with Gasteiger partial charge in [0.05, 0.1) is 0 Å². The van der Waals surface area contributed by atoms with Crippen molar-refractivity contribution in [3.63, 3.8) is 0 Å². The molecule has 0 saturated heterocycles. The maximum Gasteiger partial charge on any atom is 0.422 e. The molecule has 0 rings (SSSR count). The highest BCUT2D eigenvalue weighted by atomic mass is 32.2. The number of rotatable bonds is 4. The van der Waals surface area contributed by atoms with Crippen LogP contribution >= 0.6 is 24.0 Å². The van der Waals surface area contributed by atoms with E-state index in [2.05, 4.69) is 0 Å². The quantitative estimate of drug-likeness (QED) is 0.304. The van der Waals surface area contributed by atoms with Crippen molar-refractivity contribution >= 4 is 36.9 Å². The highest BCUT2D eigenvalue weighted by Gasteiger charge is 2.26. The second-order valence-electron chi connectivity index (χ2n) is 2.51. The number of hydrogen-bond donors (Lipinski definition) is 0. The molecule has 0 atom stereocenters. The van der Waals surface area contributed by atoms with E-state index in [1.807, 2.05) is 6.92 Å². The summed E-state index contributed by atoms with van der Waals surface area (Å²) in [6, 6.07) is 0.0998. The molecule has 66 valence electrons. The first-order valence-corrected chi connectivity index (χ1v) is 7.29. The molecule has 0 nitrogen and oxygen atoms in total. The first-order valence-electron chi connectivity index (χ1n) is 3.43. The first-order chi connectivity index (χ1) is 4.92. The number of thioether (sulfide) groups is 1. The molecule has 0 aromatic rings. The van der Waals surface area contributed by atoms with Crippen LogP contribution in [0.5, 0.6) is 0 Å². The lowest BCUT2D eigenvalue weighted by molar-refractivity contribution is 0.603. The minimum atomic E-state index is -3.79. The summed E-state index contributed by atoms with van der Waals surface area (Å²) in [4.78, 5) is 0. The summed E-state index contributed by atoms with van der Waals surface area (Å²) in [5.74, 6) is 0.742. The molecular formula is C6H12F2S2Si. The third-order valence-electron chi connectivity index (χ3n) is 1.07. The highest BCUT2D eigenvalue weighted by Crippen LogP contribution is 2.17. The van der Waals surface area contributed by atoms with Crippen LogP contribution in [0.3, 0.4) is 0 Å². The van der Waals surface area contributed by atoms with Gasteiger partial charge in [-0.25, -0.2) is 0 Å². The standard InChI is InChI=1S/C6H12F2S2Si/c1-6(9)10-4-3-5-11(2,7)8/h3-5H2,1-2H3. The van der Waals surface area contributed by atoms with Gasteiger partial charge in [0, 0.05) is 4.20 Å². The van der Waals surface area contributed by atoms with E-state index in [4.69, 9.17) is 12.2 Å². The lowest BCUT2D eigenvalue weighted by Gasteiger charge is -2.04. The Morgan fingerprint density at radius 1 is 1.55 bits per heavy atom. The molecule has 0 aromatic carbocycles. The summed E-state index contributed by atoms with van der Waals surface area (Å²) >= 11 is 6.28. The maximum atomic E-state index is 12.3. The van der Waals surface area contributed by atoms with Crippen LogP contribution in [-0.2, 0) is 0 Å². The van der Waals surface area contributed by atoms with Crippen molar-refractivity contribution in [2.75, 3.05) is 5.75 Å². The van der Waals surface area contributed by atoms with Crippen molar-refractivity contribution in [1.29, 1.82) is 0 Å². The summed E-state index contributed by atoms with van der Waals surface area (Å²) in [5.41, 5.74) is 0. The smallest absolute Gasteiger partial charge is 0.271 e. The Morgan fingerprint density at radius 2 is 2.09 bits per heavy atom. The van der Waals surface area contributed by atoms with Crippen molar-refractivity contribution in [3.8, 4) is 0 Å². The average Bonchev–Trinajstić information content (AvgIpc) is 1.78. The largest absolute Gasteiger partial charge is 0.422 e. The summed E-state index contributed by atoms with van der Waals surface area (Å²) in [6.45, 7) is 2.91. The van der Waals surface area contributed by atoms with Gasteiger partial charge in [-0.2, -0.15) is 0 Å². The van der Waals surface area contributed by atoms with Crippen LogP contribution < -0.4 is 0 Å². The van der Waals surface area contributed by atoms with Crippen molar-refractivity contribution in [2.45, 2.75) is 25.9 Å². The Bertz CT molecular complexity index is 133. The van der Waals surface area contributed by atoms with Gasteiger partial charge in [0.25, 0.3) is 0 Å². The van der Waals surface area contributed by atoms with Crippen LogP contribution in [0.1, 0.15) is 13.3 Å². The van der Waals surface area contributed by atoms with E-state index in [1.165, 1.54) is 11.8 Å². The molecule has 0 aliphatic rings. The van der Waals surface area contributed by atoms with Gasteiger partial charge in [0.1, 0.15) is 0 Å². The second-order valence-corrected chi connectivity index (χ2v) is 7.33. The highest BCUT2D eigenvalue weighted by molar-refractivity contribution is 8.23. The molecule has 0 amide bonds. The lowest BCUT2D eigenvalue weighted by atomic mass is 10.6. The van der Waals surface area contributed by atoms with Crippen LogP contribution in [0.25, 0.3) is 0 Å². The molecule has 0 unspecified atom stereocenters. The zero-order chi connectivity index (χ0) is 8.91. The average molecular weight is 214 g/mol. The fourth-order valence-corrected chi connectivity index (χ4v) is 2.48. The van der Waals surface area contributed by atoms with Gasteiger partial charge >= 0.3 is 8.74 Å². The number of hydrogen-bond acceptors (Lipinski definition) is 2. The third-order valence-corrected chi connectivity index (χ3v) is 3.55. The summed E-state index contributed by atoms with van der Waals surface area (Å²) in [7, 11) is -3.79. The zero-order valence-electron chi connectivity index (χ0n) is 6.69. The molecule has 0 radical (unpaired) electrons. The van der Waals surface area contributed by atoms with E-state index < -0.39 is 8.74 Å². The van der Waals surface area contributed by atoms with Crippen LogP contribution in [0, 0.1) is 0 Å². The Morgan fingerprint density at radius 3 is 2.45 bits per heavy atom. The molecule has 0 saturated carbocycles. The molecule has 0 aromatic heterocycles. The fraction of sp³-hybridized carbons (Fsp3) is 0.833. The van der Waals surface area contributed by atoms with Crippen LogP contribution in [0.15, 0.2) is 0 Å². The van der Waals surface area contributed by atoms with Crippen molar-refractivity contribution in [3.05, 3.63) is 0 Å². The molecule has 0 N–H and O–H groups in total. The van der Waals surface area contributed by atoms with Crippen LogP contribution in [0.2, 0.25) is 12.6 Å². The lowest BCUT2D eigenvalue weighted by Crippen LogP contribution is -2.15. The summed E-state index contributed by atoms with van der Waals surface area (Å²) in [5, 5.41) is 0. The van der Waals surface area contributed by atoms with Gasteiger partial charge < -0.3 is 0 Å². The van der Waals surface area contributed by atoms with E-state index in [9.17, 15) is 8.22 Å². The van der Waals surface area contributed by atoms with Gasteiger partial charge in [0.15, 0.2) is 0 Å². The Hall–Kier alpha value is 0.517. The molecular weight excluding hydrogens is 202 g/mol. The number of halogens is 2. The topological polar surface area (TPSA) is 0 Å². The Kier molecular flexibility index (Phi) is 5.46. The van der Waals surface area contributed by atoms with Gasteiger partial charge in [-0.3, -0.25) is 8.22 Å². The predicted octanol–water partition coefficient (Wildman–Crippen LogP) is 3.47. The zero-order valence-corrected chi connectivity index (χ0v) is 9.33. The minimum absolute atomic E-state index is 0.0998. The second kappa shape index (κ2) is 5.21. The van der Waals surface area contributed by atoms with Crippen LogP contribution in [-0.4, -0.2) is 18.7 Å². The van der Waals surface area contributed by atoms with E-state index in [0.717, 1.165) is 16.5 Å². The predicted molar refractivity (Wildman–Crippen MR) is 54.0 cm³/mol.